The second kappa shape index (κ2) is 7.96. The van der Waals surface area contributed by atoms with Crippen molar-refractivity contribution in [2.75, 3.05) is 16.8 Å². The van der Waals surface area contributed by atoms with Crippen molar-refractivity contribution in [1.82, 2.24) is 9.78 Å². The molecule has 1 aliphatic heterocycles. The summed E-state index contributed by atoms with van der Waals surface area (Å²) in [7, 11) is 0. The Hall–Kier alpha value is -3.93. The topological polar surface area (TPSA) is 67.2 Å². The van der Waals surface area contributed by atoms with Gasteiger partial charge in [-0.2, -0.15) is 5.10 Å². The van der Waals surface area contributed by atoms with Crippen LogP contribution in [0.3, 0.4) is 0 Å². The average Bonchev–Trinajstić information content (AvgIpc) is 3.24. The van der Waals surface area contributed by atoms with Gasteiger partial charge in [0.05, 0.1) is 11.4 Å². The smallest absolute Gasteiger partial charge is 0.276 e. The minimum atomic E-state index is -0.338. The number of hydrogen-bond donors (Lipinski definition) is 1. The number of hydrogen-bond acceptors (Lipinski definition) is 4. The summed E-state index contributed by atoms with van der Waals surface area (Å²) in [5.74, 6) is -0.338. The highest BCUT2D eigenvalue weighted by Crippen LogP contribution is 2.34. The Morgan fingerprint density at radius 1 is 0.938 bits per heavy atom. The summed E-state index contributed by atoms with van der Waals surface area (Å²) in [4.78, 5) is 28.1. The highest BCUT2D eigenvalue weighted by molar-refractivity contribution is 6.11. The van der Waals surface area contributed by atoms with Gasteiger partial charge in [-0.15, -0.1) is 0 Å². The number of para-hydroxylation sites is 1. The number of nitrogens with zero attached hydrogens (tertiary/aromatic N) is 3. The van der Waals surface area contributed by atoms with E-state index in [1.165, 1.54) is 15.9 Å². The molecule has 0 saturated carbocycles. The maximum absolute atomic E-state index is 13.1. The molecule has 1 aliphatic rings. The van der Waals surface area contributed by atoms with Crippen LogP contribution in [0.15, 0.2) is 77.6 Å². The highest BCUT2D eigenvalue weighted by atomic mass is 16.2. The SMILES string of the molecule is CC(C)n1nc(C(=O)Nc2ccc(N3CCc4ccccc43)cc2)c2ccccc2c1=O. The fourth-order valence-corrected chi connectivity index (χ4v) is 4.25. The first-order valence-corrected chi connectivity index (χ1v) is 10.8. The van der Waals surface area contributed by atoms with E-state index in [2.05, 4.69) is 39.6 Å². The van der Waals surface area contributed by atoms with E-state index in [0.29, 0.717) is 16.5 Å². The molecule has 1 N–H and O–H groups in total. The minimum absolute atomic E-state index is 0.152. The Kier molecular flexibility index (Phi) is 4.98. The van der Waals surface area contributed by atoms with Crippen LogP contribution >= 0.6 is 0 Å². The monoisotopic (exact) mass is 424 g/mol. The van der Waals surface area contributed by atoms with Crippen molar-refractivity contribution in [2.45, 2.75) is 26.3 Å². The highest BCUT2D eigenvalue weighted by Gasteiger charge is 2.20. The lowest BCUT2D eigenvalue weighted by molar-refractivity contribution is 0.102. The molecule has 160 valence electrons. The quantitative estimate of drug-likeness (QED) is 0.505. The molecule has 0 spiro atoms. The van der Waals surface area contributed by atoms with Crippen molar-refractivity contribution in [3.8, 4) is 0 Å². The van der Waals surface area contributed by atoms with Gasteiger partial charge in [0.2, 0.25) is 0 Å². The number of carbonyl (C=O) groups is 1. The molecule has 3 aromatic carbocycles. The van der Waals surface area contributed by atoms with Crippen LogP contribution in [0.5, 0.6) is 0 Å². The predicted molar refractivity (Wildman–Crippen MR) is 128 cm³/mol. The number of nitrogens with one attached hydrogen (secondary N) is 1. The zero-order valence-electron chi connectivity index (χ0n) is 18.1. The van der Waals surface area contributed by atoms with Crippen LogP contribution in [0.1, 0.15) is 35.9 Å². The second-order valence-electron chi connectivity index (χ2n) is 8.27. The molecule has 1 amide bonds. The van der Waals surface area contributed by atoms with Crippen molar-refractivity contribution in [2.24, 2.45) is 0 Å². The maximum atomic E-state index is 13.1. The first kappa shape index (κ1) is 20.0. The lowest BCUT2D eigenvalue weighted by atomic mass is 10.1. The molecule has 1 aromatic heterocycles. The first-order chi connectivity index (χ1) is 15.5. The number of rotatable bonds is 4. The van der Waals surface area contributed by atoms with Crippen molar-refractivity contribution in [3.63, 3.8) is 0 Å². The molecule has 0 unspecified atom stereocenters. The van der Waals surface area contributed by atoms with Gasteiger partial charge in [0.25, 0.3) is 11.5 Å². The molecule has 6 nitrogen and oxygen atoms in total. The molecule has 32 heavy (non-hydrogen) atoms. The average molecular weight is 425 g/mol. The standard InChI is InChI=1S/C26H24N4O2/c1-17(2)30-26(32)22-9-5-4-8-21(22)24(28-30)25(31)27-19-11-13-20(14-12-19)29-16-15-18-7-3-6-10-23(18)29/h3-14,17H,15-16H2,1-2H3,(H,27,31). The van der Waals surface area contributed by atoms with Gasteiger partial charge in [-0.05, 0) is 62.2 Å². The van der Waals surface area contributed by atoms with E-state index >= 15 is 0 Å². The van der Waals surface area contributed by atoms with E-state index in [9.17, 15) is 9.59 Å². The Morgan fingerprint density at radius 2 is 1.62 bits per heavy atom. The fraction of sp³-hybridized carbons (Fsp3) is 0.192. The van der Waals surface area contributed by atoms with E-state index in [-0.39, 0.29) is 23.2 Å². The van der Waals surface area contributed by atoms with Crippen LogP contribution in [-0.2, 0) is 6.42 Å². The number of amides is 1. The van der Waals surface area contributed by atoms with Crippen molar-refractivity contribution < 1.29 is 4.79 Å². The lowest BCUT2D eigenvalue weighted by Crippen LogP contribution is -2.28. The molecule has 2 heterocycles. The summed E-state index contributed by atoms with van der Waals surface area (Å²) in [6.07, 6.45) is 1.03. The van der Waals surface area contributed by atoms with Crippen molar-refractivity contribution >= 4 is 33.7 Å². The molecule has 0 atom stereocenters. The Morgan fingerprint density at radius 3 is 2.38 bits per heavy atom. The molecular weight excluding hydrogens is 400 g/mol. The van der Waals surface area contributed by atoms with Gasteiger partial charge in [0.15, 0.2) is 5.69 Å². The normalized spacial score (nSPS) is 12.9. The number of carbonyl (C=O) groups excluding carboxylic acids is 1. The molecule has 0 radical (unpaired) electrons. The Bertz CT molecular complexity index is 1370. The maximum Gasteiger partial charge on any atom is 0.276 e. The third-order valence-electron chi connectivity index (χ3n) is 5.86. The number of aromatic nitrogens is 2. The van der Waals surface area contributed by atoms with Gasteiger partial charge in [-0.1, -0.05) is 36.4 Å². The van der Waals surface area contributed by atoms with Crippen LogP contribution in [0.4, 0.5) is 17.1 Å². The van der Waals surface area contributed by atoms with E-state index in [4.69, 9.17) is 0 Å². The van der Waals surface area contributed by atoms with Crippen molar-refractivity contribution in [1.29, 1.82) is 0 Å². The van der Waals surface area contributed by atoms with Crippen LogP contribution in [0, 0.1) is 0 Å². The second-order valence-corrected chi connectivity index (χ2v) is 8.27. The van der Waals surface area contributed by atoms with Gasteiger partial charge in [-0.3, -0.25) is 9.59 Å². The van der Waals surface area contributed by atoms with E-state index in [1.54, 1.807) is 18.2 Å². The largest absolute Gasteiger partial charge is 0.341 e. The number of anilines is 3. The number of benzene rings is 3. The predicted octanol–water partition coefficient (Wildman–Crippen LogP) is 4.92. The third-order valence-corrected chi connectivity index (χ3v) is 5.86. The Labute approximate surface area is 186 Å². The first-order valence-electron chi connectivity index (χ1n) is 10.8. The summed E-state index contributed by atoms with van der Waals surface area (Å²) in [5.41, 5.74) is 4.40. The number of fused-ring (bicyclic) bond motifs is 2. The molecular formula is C26H24N4O2. The summed E-state index contributed by atoms with van der Waals surface area (Å²) >= 11 is 0. The van der Waals surface area contributed by atoms with Crippen molar-refractivity contribution in [3.05, 3.63) is 94.4 Å². The summed E-state index contributed by atoms with van der Waals surface area (Å²) in [5, 5.41) is 8.37. The van der Waals surface area contributed by atoms with Gasteiger partial charge in [-0.25, -0.2) is 4.68 Å². The fourth-order valence-electron chi connectivity index (χ4n) is 4.25. The van der Waals surface area contributed by atoms with Gasteiger partial charge in [0, 0.05) is 29.0 Å². The molecule has 0 fully saturated rings. The summed E-state index contributed by atoms with van der Waals surface area (Å²) < 4.78 is 1.37. The zero-order valence-corrected chi connectivity index (χ0v) is 18.1. The van der Waals surface area contributed by atoms with Crippen LogP contribution < -0.4 is 15.8 Å². The van der Waals surface area contributed by atoms with Gasteiger partial charge < -0.3 is 10.2 Å². The van der Waals surface area contributed by atoms with Crippen LogP contribution in [0.2, 0.25) is 0 Å². The molecule has 0 bridgehead atoms. The van der Waals surface area contributed by atoms with E-state index in [1.807, 2.05) is 44.2 Å². The molecule has 0 aliphatic carbocycles. The summed E-state index contributed by atoms with van der Waals surface area (Å²) in [6, 6.07) is 23.2. The zero-order chi connectivity index (χ0) is 22.2. The molecule has 0 saturated heterocycles. The molecule has 5 rings (SSSR count). The van der Waals surface area contributed by atoms with Gasteiger partial charge in [0.1, 0.15) is 0 Å². The van der Waals surface area contributed by atoms with E-state index < -0.39 is 0 Å². The molecule has 6 heteroatoms. The summed E-state index contributed by atoms with van der Waals surface area (Å²) in [6.45, 7) is 4.69. The third kappa shape index (κ3) is 3.43. The van der Waals surface area contributed by atoms with Crippen LogP contribution in [0.25, 0.3) is 10.8 Å². The molecule has 4 aromatic rings. The lowest BCUT2D eigenvalue weighted by Gasteiger charge is -2.20. The minimum Gasteiger partial charge on any atom is -0.341 e. The van der Waals surface area contributed by atoms with Crippen LogP contribution in [-0.4, -0.2) is 22.2 Å². The van der Waals surface area contributed by atoms with E-state index in [0.717, 1.165) is 18.7 Å². The Balaban J connectivity index is 1.43. The van der Waals surface area contributed by atoms with Gasteiger partial charge >= 0.3 is 0 Å².